The van der Waals surface area contributed by atoms with Crippen molar-refractivity contribution in [2.24, 2.45) is 0 Å². The van der Waals surface area contributed by atoms with Crippen LogP contribution in [0.2, 0.25) is 0 Å². The third kappa shape index (κ3) is 4.00. The van der Waals surface area contributed by atoms with Gasteiger partial charge in [-0.15, -0.1) is 0 Å². The highest BCUT2D eigenvalue weighted by atomic mass is 32.2. The lowest BCUT2D eigenvalue weighted by Crippen LogP contribution is -2.32. The molecule has 0 aliphatic heterocycles. The van der Waals surface area contributed by atoms with E-state index in [0.717, 1.165) is 16.1 Å². The number of rotatable bonds is 6. The summed E-state index contributed by atoms with van der Waals surface area (Å²) in [4.78, 5) is 0. The molecule has 0 atom stereocenters. The molecule has 0 aliphatic rings. The molecule has 0 aliphatic carbocycles. The standard InChI is InChI=1S/C16H18FNO4S/c1-22-16-8-5-13(12-3-6-14(17)7-4-12)11-15(16)18(9-10-19)23(2,20)21/h3-8,11,19H,9-10H2,1-2H3. The Morgan fingerprint density at radius 3 is 2.26 bits per heavy atom. The van der Waals surface area contributed by atoms with E-state index < -0.39 is 10.0 Å². The van der Waals surface area contributed by atoms with E-state index in [4.69, 9.17) is 9.84 Å². The van der Waals surface area contributed by atoms with E-state index in [9.17, 15) is 12.8 Å². The Bertz CT molecular complexity index is 775. The van der Waals surface area contributed by atoms with Crippen molar-refractivity contribution < 1.29 is 22.7 Å². The van der Waals surface area contributed by atoms with E-state index in [2.05, 4.69) is 0 Å². The number of hydrogen-bond donors (Lipinski definition) is 1. The van der Waals surface area contributed by atoms with Gasteiger partial charge in [0.2, 0.25) is 10.0 Å². The van der Waals surface area contributed by atoms with Crippen molar-refractivity contribution in [3.8, 4) is 16.9 Å². The van der Waals surface area contributed by atoms with Crippen LogP contribution in [0.1, 0.15) is 0 Å². The van der Waals surface area contributed by atoms with Crippen molar-refractivity contribution in [3.05, 3.63) is 48.3 Å². The van der Waals surface area contributed by atoms with Crippen LogP contribution in [0.15, 0.2) is 42.5 Å². The van der Waals surface area contributed by atoms with Gasteiger partial charge >= 0.3 is 0 Å². The highest BCUT2D eigenvalue weighted by Gasteiger charge is 2.21. The van der Waals surface area contributed by atoms with Gasteiger partial charge in [0.1, 0.15) is 11.6 Å². The summed E-state index contributed by atoms with van der Waals surface area (Å²) in [6.07, 6.45) is 1.06. The fourth-order valence-electron chi connectivity index (χ4n) is 2.26. The number of aliphatic hydroxyl groups is 1. The smallest absolute Gasteiger partial charge is 0.232 e. The third-order valence-electron chi connectivity index (χ3n) is 3.33. The van der Waals surface area contributed by atoms with Gasteiger partial charge in [0.15, 0.2) is 0 Å². The lowest BCUT2D eigenvalue weighted by molar-refractivity contribution is 0.306. The van der Waals surface area contributed by atoms with Gasteiger partial charge in [-0.2, -0.15) is 0 Å². The molecule has 0 aromatic heterocycles. The second kappa shape index (κ2) is 6.97. The summed E-state index contributed by atoms with van der Waals surface area (Å²) in [5.74, 6) is 0.0234. The maximum atomic E-state index is 13.0. The van der Waals surface area contributed by atoms with Crippen LogP contribution in [-0.4, -0.2) is 40.0 Å². The largest absolute Gasteiger partial charge is 0.495 e. The fraction of sp³-hybridized carbons (Fsp3) is 0.250. The Labute approximate surface area is 135 Å². The van der Waals surface area contributed by atoms with Gasteiger partial charge < -0.3 is 9.84 Å². The van der Waals surface area contributed by atoms with E-state index in [1.807, 2.05) is 0 Å². The molecule has 0 radical (unpaired) electrons. The monoisotopic (exact) mass is 339 g/mol. The molecule has 0 saturated carbocycles. The molecule has 0 amide bonds. The predicted octanol–water partition coefficient (Wildman–Crippen LogP) is 2.26. The summed E-state index contributed by atoms with van der Waals surface area (Å²) < 4.78 is 43.3. The molecular weight excluding hydrogens is 321 g/mol. The first-order valence-corrected chi connectivity index (χ1v) is 8.74. The number of hydrogen-bond acceptors (Lipinski definition) is 4. The Morgan fingerprint density at radius 1 is 1.13 bits per heavy atom. The van der Waals surface area contributed by atoms with Gasteiger partial charge in [-0.3, -0.25) is 4.31 Å². The molecule has 124 valence electrons. The van der Waals surface area contributed by atoms with Crippen LogP contribution in [0.4, 0.5) is 10.1 Å². The quantitative estimate of drug-likeness (QED) is 0.877. The Kier molecular flexibility index (Phi) is 5.23. The third-order valence-corrected chi connectivity index (χ3v) is 4.51. The average Bonchev–Trinajstić information content (AvgIpc) is 2.51. The van der Waals surface area contributed by atoms with Crippen LogP contribution in [0.3, 0.4) is 0 Å². The molecule has 0 heterocycles. The molecule has 0 saturated heterocycles. The topological polar surface area (TPSA) is 66.8 Å². The molecule has 2 aromatic carbocycles. The maximum absolute atomic E-state index is 13.0. The maximum Gasteiger partial charge on any atom is 0.232 e. The first-order chi connectivity index (χ1) is 10.9. The van der Waals surface area contributed by atoms with Crippen LogP contribution >= 0.6 is 0 Å². The zero-order valence-electron chi connectivity index (χ0n) is 12.9. The van der Waals surface area contributed by atoms with E-state index in [0.29, 0.717) is 17.0 Å². The molecule has 1 N–H and O–H groups in total. The Hall–Kier alpha value is -2.12. The zero-order chi connectivity index (χ0) is 17.0. The van der Waals surface area contributed by atoms with Crippen LogP contribution in [0.5, 0.6) is 5.75 Å². The normalized spacial score (nSPS) is 11.3. The van der Waals surface area contributed by atoms with Crippen molar-refractivity contribution in [3.63, 3.8) is 0 Å². The molecule has 23 heavy (non-hydrogen) atoms. The molecular formula is C16H18FNO4S. The van der Waals surface area contributed by atoms with E-state index in [1.54, 1.807) is 30.3 Å². The minimum absolute atomic E-state index is 0.0813. The summed E-state index contributed by atoms with van der Waals surface area (Å²) in [7, 11) is -2.14. The summed E-state index contributed by atoms with van der Waals surface area (Å²) in [6.45, 7) is -0.404. The number of benzene rings is 2. The Morgan fingerprint density at radius 2 is 1.74 bits per heavy atom. The van der Waals surface area contributed by atoms with Crippen molar-refractivity contribution in [2.75, 3.05) is 30.8 Å². The molecule has 0 spiro atoms. The highest BCUT2D eigenvalue weighted by molar-refractivity contribution is 7.92. The summed E-state index contributed by atoms with van der Waals surface area (Å²) in [5.41, 5.74) is 1.78. The predicted molar refractivity (Wildman–Crippen MR) is 87.7 cm³/mol. The number of halogens is 1. The fourth-order valence-corrected chi connectivity index (χ4v) is 3.18. The first kappa shape index (κ1) is 17.2. The molecule has 0 fully saturated rings. The minimum atomic E-state index is -3.59. The summed E-state index contributed by atoms with van der Waals surface area (Å²) in [6, 6.07) is 10.9. The summed E-state index contributed by atoms with van der Waals surface area (Å²) in [5, 5.41) is 9.15. The number of methoxy groups -OCH3 is 1. The van der Waals surface area contributed by atoms with E-state index >= 15 is 0 Å². The minimum Gasteiger partial charge on any atom is -0.495 e. The molecule has 0 unspecified atom stereocenters. The van der Waals surface area contributed by atoms with E-state index in [1.165, 1.54) is 19.2 Å². The van der Waals surface area contributed by atoms with Gasteiger partial charge in [0, 0.05) is 0 Å². The van der Waals surface area contributed by atoms with Crippen LogP contribution in [-0.2, 0) is 10.0 Å². The second-order valence-corrected chi connectivity index (χ2v) is 6.86. The molecule has 7 heteroatoms. The van der Waals surface area contributed by atoms with Crippen LogP contribution < -0.4 is 9.04 Å². The molecule has 0 bridgehead atoms. The SMILES string of the molecule is COc1ccc(-c2ccc(F)cc2)cc1N(CCO)S(C)(=O)=O. The zero-order valence-corrected chi connectivity index (χ0v) is 13.7. The van der Waals surface area contributed by atoms with Gasteiger partial charge in [-0.25, -0.2) is 12.8 Å². The number of sulfonamides is 1. The molecule has 2 rings (SSSR count). The highest BCUT2D eigenvalue weighted by Crippen LogP contribution is 2.34. The second-order valence-electron chi connectivity index (χ2n) is 4.95. The van der Waals surface area contributed by atoms with Crippen LogP contribution in [0, 0.1) is 5.82 Å². The summed E-state index contributed by atoms with van der Waals surface area (Å²) >= 11 is 0. The van der Waals surface area contributed by atoms with E-state index in [-0.39, 0.29) is 19.0 Å². The van der Waals surface area contributed by atoms with Crippen molar-refractivity contribution in [2.45, 2.75) is 0 Å². The molecule has 5 nitrogen and oxygen atoms in total. The van der Waals surface area contributed by atoms with Gasteiger partial charge in [-0.05, 0) is 35.4 Å². The lowest BCUT2D eigenvalue weighted by Gasteiger charge is -2.24. The average molecular weight is 339 g/mol. The number of anilines is 1. The lowest BCUT2D eigenvalue weighted by atomic mass is 10.0. The number of nitrogens with zero attached hydrogens (tertiary/aromatic N) is 1. The van der Waals surface area contributed by atoms with Crippen molar-refractivity contribution in [1.82, 2.24) is 0 Å². The Balaban J connectivity index is 2.56. The number of aliphatic hydroxyl groups excluding tert-OH is 1. The van der Waals surface area contributed by atoms with Gasteiger partial charge in [0.05, 0.1) is 32.2 Å². The van der Waals surface area contributed by atoms with Crippen molar-refractivity contribution >= 4 is 15.7 Å². The van der Waals surface area contributed by atoms with Gasteiger partial charge in [-0.1, -0.05) is 18.2 Å². The van der Waals surface area contributed by atoms with Crippen molar-refractivity contribution in [1.29, 1.82) is 0 Å². The van der Waals surface area contributed by atoms with Gasteiger partial charge in [0.25, 0.3) is 0 Å². The van der Waals surface area contributed by atoms with Crippen LogP contribution in [0.25, 0.3) is 11.1 Å². The first-order valence-electron chi connectivity index (χ1n) is 6.89. The molecule has 2 aromatic rings. The number of ether oxygens (including phenoxy) is 1.